The minimum atomic E-state index is -0.561. The number of nitrogens with two attached hydrogens (primary N) is 1. The second kappa shape index (κ2) is 6.73. The largest absolute Gasteiger partial charge is 0.399 e. The van der Waals surface area contributed by atoms with E-state index in [9.17, 15) is 9.18 Å². The number of hydrogen-bond acceptors (Lipinski definition) is 2. The second-order valence-corrected chi connectivity index (χ2v) is 5.91. The molecule has 20 heavy (non-hydrogen) atoms. The monoisotopic (exact) mass is 278 g/mol. The summed E-state index contributed by atoms with van der Waals surface area (Å²) in [6.07, 6.45) is 6.03. The summed E-state index contributed by atoms with van der Waals surface area (Å²) in [5.74, 6) is 0.619. The highest BCUT2D eigenvalue weighted by atomic mass is 19.1. The maximum Gasteiger partial charge on any atom is 0.254 e. The minimum Gasteiger partial charge on any atom is -0.399 e. The summed E-state index contributed by atoms with van der Waals surface area (Å²) in [7, 11) is 0. The van der Waals surface area contributed by atoms with Crippen LogP contribution in [0.3, 0.4) is 0 Å². The van der Waals surface area contributed by atoms with Crippen molar-refractivity contribution in [3.8, 4) is 0 Å². The zero-order valence-corrected chi connectivity index (χ0v) is 12.0. The molecule has 1 aromatic rings. The summed E-state index contributed by atoms with van der Waals surface area (Å²) >= 11 is 0. The first-order valence-corrected chi connectivity index (χ1v) is 7.39. The number of anilines is 1. The number of carbonyl (C=O) groups excluding carboxylic acids is 1. The quantitative estimate of drug-likeness (QED) is 0.830. The number of halogens is 1. The SMILES string of the molecule is CC1CCC(CCNC(=O)c2ccc(N)cc2F)CC1. The standard InChI is InChI=1S/C16H23FN2O/c1-11-2-4-12(5-3-11)8-9-19-16(20)14-7-6-13(18)10-15(14)17/h6-7,10-12H,2-5,8-9,18H2,1H3,(H,19,20). The summed E-state index contributed by atoms with van der Waals surface area (Å²) in [5.41, 5.74) is 5.86. The Kier molecular flexibility index (Phi) is 4.99. The first kappa shape index (κ1) is 14.8. The first-order valence-electron chi connectivity index (χ1n) is 7.39. The van der Waals surface area contributed by atoms with Gasteiger partial charge in [0.1, 0.15) is 5.82 Å². The Morgan fingerprint density at radius 2 is 2.05 bits per heavy atom. The van der Waals surface area contributed by atoms with Gasteiger partial charge in [-0.15, -0.1) is 0 Å². The van der Waals surface area contributed by atoms with Gasteiger partial charge in [0.2, 0.25) is 0 Å². The third-order valence-corrected chi connectivity index (χ3v) is 4.21. The molecule has 0 bridgehead atoms. The van der Waals surface area contributed by atoms with E-state index in [2.05, 4.69) is 12.2 Å². The Labute approximate surface area is 119 Å². The van der Waals surface area contributed by atoms with Crippen molar-refractivity contribution in [2.75, 3.05) is 12.3 Å². The number of hydrogen-bond donors (Lipinski definition) is 2. The molecule has 1 fully saturated rings. The van der Waals surface area contributed by atoms with Gasteiger partial charge in [-0.05, 0) is 36.5 Å². The molecule has 0 atom stereocenters. The molecule has 0 spiro atoms. The number of nitrogens with one attached hydrogen (secondary N) is 1. The second-order valence-electron chi connectivity index (χ2n) is 5.91. The molecule has 1 aromatic carbocycles. The van der Waals surface area contributed by atoms with Crippen LogP contribution < -0.4 is 11.1 Å². The van der Waals surface area contributed by atoms with Crippen LogP contribution in [0.1, 0.15) is 49.4 Å². The van der Waals surface area contributed by atoms with Crippen LogP contribution in [0.25, 0.3) is 0 Å². The van der Waals surface area contributed by atoms with Crippen LogP contribution in [0.5, 0.6) is 0 Å². The predicted octanol–water partition coefficient (Wildman–Crippen LogP) is 3.35. The molecule has 0 aromatic heterocycles. The Bertz CT molecular complexity index is 468. The fourth-order valence-corrected chi connectivity index (χ4v) is 2.82. The average Bonchev–Trinajstić information content (AvgIpc) is 2.41. The average molecular weight is 278 g/mol. The van der Waals surface area contributed by atoms with E-state index < -0.39 is 5.82 Å². The van der Waals surface area contributed by atoms with E-state index in [0.29, 0.717) is 18.2 Å². The third kappa shape index (κ3) is 3.95. The van der Waals surface area contributed by atoms with E-state index in [1.54, 1.807) is 6.07 Å². The van der Waals surface area contributed by atoms with E-state index in [1.165, 1.54) is 37.8 Å². The van der Waals surface area contributed by atoms with Gasteiger partial charge in [0.25, 0.3) is 5.91 Å². The van der Waals surface area contributed by atoms with Crippen molar-refractivity contribution in [2.24, 2.45) is 11.8 Å². The van der Waals surface area contributed by atoms with E-state index >= 15 is 0 Å². The fourth-order valence-electron chi connectivity index (χ4n) is 2.82. The van der Waals surface area contributed by atoms with Gasteiger partial charge < -0.3 is 11.1 Å². The summed E-state index contributed by atoms with van der Waals surface area (Å²) in [6, 6.07) is 4.15. The van der Waals surface area contributed by atoms with E-state index in [1.807, 2.05) is 0 Å². The van der Waals surface area contributed by atoms with Gasteiger partial charge in [-0.25, -0.2) is 4.39 Å². The highest BCUT2D eigenvalue weighted by Crippen LogP contribution is 2.29. The molecular formula is C16H23FN2O. The van der Waals surface area contributed by atoms with Crippen molar-refractivity contribution >= 4 is 11.6 Å². The molecule has 1 saturated carbocycles. The molecule has 1 amide bonds. The normalized spacial score (nSPS) is 22.5. The summed E-state index contributed by atoms with van der Waals surface area (Å²) in [6.45, 7) is 2.91. The molecule has 1 aliphatic carbocycles. The van der Waals surface area contributed by atoms with Gasteiger partial charge in [-0.1, -0.05) is 32.6 Å². The van der Waals surface area contributed by atoms with Crippen LogP contribution in [0.15, 0.2) is 18.2 Å². The predicted molar refractivity (Wildman–Crippen MR) is 78.9 cm³/mol. The Balaban J connectivity index is 1.77. The van der Waals surface area contributed by atoms with Crippen LogP contribution in [0.2, 0.25) is 0 Å². The molecule has 0 aliphatic heterocycles. The Morgan fingerprint density at radius 3 is 2.70 bits per heavy atom. The number of nitrogen functional groups attached to an aromatic ring is 1. The first-order chi connectivity index (χ1) is 9.56. The lowest BCUT2D eigenvalue weighted by Gasteiger charge is -2.26. The van der Waals surface area contributed by atoms with Crippen LogP contribution >= 0.6 is 0 Å². The fraction of sp³-hybridized carbons (Fsp3) is 0.562. The van der Waals surface area contributed by atoms with E-state index in [4.69, 9.17) is 5.73 Å². The van der Waals surface area contributed by atoms with Crippen LogP contribution in [-0.4, -0.2) is 12.5 Å². The van der Waals surface area contributed by atoms with Crippen molar-refractivity contribution in [1.29, 1.82) is 0 Å². The van der Waals surface area contributed by atoms with Gasteiger partial charge in [0, 0.05) is 12.2 Å². The molecule has 4 heteroatoms. The number of amides is 1. The molecule has 0 saturated heterocycles. The zero-order valence-electron chi connectivity index (χ0n) is 12.0. The van der Waals surface area contributed by atoms with Crippen LogP contribution in [0, 0.1) is 17.7 Å². The van der Waals surface area contributed by atoms with E-state index in [-0.39, 0.29) is 11.5 Å². The summed E-state index contributed by atoms with van der Waals surface area (Å²) < 4.78 is 13.6. The highest BCUT2D eigenvalue weighted by molar-refractivity contribution is 5.94. The number of rotatable bonds is 4. The lowest BCUT2D eigenvalue weighted by Crippen LogP contribution is -2.27. The molecule has 1 aliphatic rings. The topological polar surface area (TPSA) is 55.1 Å². The van der Waals surface area contributed by atoms with E-state index in [0.717, 1.165) is 12.3 Å². The molecule has 2 rings (SSSR count). The van der Waals surface area contributed by atoms with Gasteiger partial charge >= 0.3 is 0 Å². The van der Waals surface area contributed by atoms with Crippen LogP contribution in [-0.2, 0) is 0 Å². The smallest absolute Gasteiger partial charge is 0.254 e. The molecule has 3 N–H and O–H groups in total. The van der Waals surface area contributed by atoms with Crippen molar-refractivity contribution in [1.82, 2.24) is 5.32 Å². The van der Waals surface area contributed by atoms with Crippen LogP contribution in [0.4, 0.5) is 10.1 Å². The van der Waals surface area contributed by atoms with Gasteiger partial charge in [0.15, 0.2) is 0 Å². The molecule has 3 nitrogen and oxygen atoms in total. The molecule has 0 heterocycles. The lowest BCUT2D eigenvalue weighted by molar-refractivity contribution is 0.0945. The number of carbonyl (C=O) groups is 1. The Hall–Kier alpha value is -1.58. The van der Waals surface area contributed by atoms with Gasteiger partial charge in [0.05, 0.1) is 5.56 Å². The van der Waals surface area contributed by atoms with Gasteiger partial charge in [-0.2, -0.15) is 0 Å². The molecule has 110 valence electrons. The molecule has 0 unspecified atom stereocenters. The molecular weight excluding hydrogens is 255 g/mol. The van der Waals surface area contributed by atoms with Crippen molar-refractivity contribution < 1.29 is 9.18 Å². The highest BCUT2D eigenvalue weighted by Gasteiger charge is 2.18. The summed E-state index contributed by atoms with van der Waals surface area (Å²) in [4.78, 5) is 11.9. The van der Waals surface area contributed by atoms with Crippen molar-refractivity contribution in [3.63, 3.8) is 0 Å². The molecule has 0 radical (unpaired) electrons. The van der Waals surface area contributed by atoms with Gasteiger partial charge in [-0.3, -0.25) is 4.79 Å². The van der Waals surface area contributed by atoms with Crippen molar-refractivity contribution in [2.45, 2.75) is 39.0 Å². The third-order valence-electron chi connectivity index (χ3n) is 4.21. The lowest BCUT2D eigenvalue weighted by atomic mass is 9.81. The zero-order chi connectivity index (χ0) is 14.5. The minimum absolute atomic E-state index is 0.0662. The van der Waals surface area contributed by atoms with Crippen molar-refractivity contribution in [3.05, 3.63) is 29.6 Å². The maximum absolute atomic E-state index is 13.6. The number of benzene rings is 1. The maximum atomic E-state index is 13.6. The Morgan fingerprint density at radius 1 is 1.35 bits per heavy atom. The summed E-state index contributed by atoms with van der Waals surface area (Å²) in [5, 5.41) is 2.80.